The van der Waals surface area contributed by atoms with E-state index < -0.39 is 34.1 Å². The van der Waals surface area contributed by atoms with E-state index in [9.17, 15) is 18.0 Å². The fourth-order valence-electron chi connectivity index (χ4n) is 3.81. The molecule has 3 aromatic rings. The van der Waals surface area contributed by atoms with Gasteiger partial charge in [0.05, 0.1) is 22.0 Å². The van der Waals surface area contributed by atoms with Crippen molar-refractivity contribution in [1.82, 2.24) is 10.2 Å². The van der Waals surface area contributed by atoms with Gasteiger partial charge in [-0.1, -0.05) is 47.5 Å². The Bertz CT molecular complexity index is 1440. The van der Waals surface area contributed by atoms with Crippen LogP contribution in [0.15, 0.2) is 72.8 Å². The molecule has 1 atom stereocenters. The summed E-state index contributed by atoms with van der Waals surface area (Å²) in [5.74, 6) is 0.182. The molecule has 0 saturated carbocycles. The monoisotopic (exact) mass is 605 g/mol. The Balaban J connectivity index is 1.89. The van der Waals surface area contributed by atoms with Gasteiger partial charge >= 0.3 is 0 Å². The number of carbonyl (C=O) groups excluding carboxylic acids is 2. The zero-order valence-electron chi connectivity index (χ0n) is 23.0. The summed E-state index contributed by atoms with van der Waals surface area (Å²) in [7, 11) is -3.87. The quantitative estimate of drug-likeness (QED) is 0.311. The molecule has 1 N–H and O–H groups in total. The van der Waals surface area contributed by atoms with Gasteiger partial charge in [0.25, 0.3) is 0 Å². The van der Waals surface area contributed by atoms with Gasteiger partial charge in [0, 0.05) is 12.1 Å². The van der Waals surface area contributed by atoms with Crippen molar-refractivity contribution < 1.29 is 22.7 Å². The van der Waals surface area contributed by atoms with Crippen molar-refractivity contribution in [2.24, 2.45) is 0 Å². The first kappa shape index (κ1) is 31.3. The number of nitrogens with zero attached hydrogens (tertiary/aromatic N) is 2. The lowest BCUT2D eigenvalue weighted by Gasteiger charge is -2.33. The van der Waals surface area contributed by atoms with Crippen molar-refractivity contribution in [3.05, 3.63) is 88.4 Å². The molecule has 0 aliphatic rings. The Labute approximate surface area is 245 Å². The Morgan fingerprint density at radius 1 is 0.925 bits per heavy atom. The molecule has 0 fully saturated rings. The standard InChI is InChI=1S/C29H33Cl2N3O5S/c1-20(28(36)32-29(2,3)4)33(18-21-11-16-25(30)26(31)17-21)27(35)19-34(40(5,37)38)22-12-14-24(15-13-22)39-23-9-7-6-8-10-23/h6-17,20H,18-19H2,1-5H3,(H,32,36)/t20-/m1/s1. The van der Waals surface area contributed by atoms with E-state index in [1.807, 2.05) is 39.0 Å². The average molecular weight is 607 g/mol. The smallest absolute Gasteiger partial charge is 0.244 e. The molecule has 0 saturated heterocycles. The van der Waals surface area contributed by atoms with Gasteiger partial charge in [-0.05, 0) is 81.8 Å². The van der Waals surface area contributed by atoms with Crippen molar-refractivity contribution in [3.8, 4) is 11.5 Å². The summed E-state index contributed by atoms with van der Waals surface area (Å²) in [5, 5.41) is 3.53. The number of hydrogen-bond donors (Lipinski definition) is 1. The molecule has 11 heteroatoms. The molecule has 40 heavy (non-hydrogen) atoms. The number of ether oxygens (including phenoxy) is 1. The molecule has 0 spiro atoms. The summed E-state index contributed by atoms with van der Waals surface area (Å²) in [6.07, 6.45) is 1.02. The number of hydrogen-bond acceptors (Lipinski definition) is 5. The van der Waals surface area contributed by atoms with Crippen molar-refractivity contribution in [2.75, 3.05) is 17.1 Å². The van der Waals surface area contributed by atoms with E-state index in [1.165, 1.54) is 4.90 Å². The summed E-state index contributed by atoms with van der Waals surface area (Å²) in [5.41, 5.74) is 0.371. The van der Waals surface area contributed by atoms with Crippen LogP contribution in [0.4, 0.5) is 5.69 Å². The maximum absolute atomic E-state index is 13.7. The maximum atomic E-state index is 13.7. The normalized spacial score (nSPS) is 12.4. The van der Waals surface area contributed by atoms with Crippen molar-refractivity contribution >= 4 is 50.7 Å². The van der Waals surface area contributed by atoms with Crippen molar-refractivity contribution in [1.29, 1.82) is 0 Å². The van der Waals surface area contributed by atoms with Crippen LogP contribution in [0, 0.1) is 0 Å². The van der Waals surface area contributed by atoms with Crippen LogP contribution in [0.5, 0.6) is 11.5 Å². The van der Waals surface area contributed by atoms with Crippen LogP contribution in [-0.4, -0.2) is 49.5 Å². The van der Waals surface area contributed by atoms with E-state index in [0.29, 0.717) is 27.1 Å². The minimum absolute atomic E-state index is 0.00983. The van der Waals surface area contributed by atoms with Gasteiger partial charge in [-0.2, -0.15) is 0 Å². The number of para-hydroxylation sites is 1. The van der Waals surface area contributed by atoms with Crippen molar-refractivity contribution in [2.45, 2.75) is 45.8 Å². The number of rotatable bonds is 10. The Kier molecular flexibility index (Phi) is 10.1. The van der Waals surface area contributed by atoms with Crippen LogP contribution in [0.2, 0.25) is 10.0 Å². The molecule has 0 aromatic heterocycles. The molecule has 214 valence electrons. The highest BCUT2D eigenvalue weighted by Crippen LogP contribution is 2.27. The minimum atomic E-state index is -3.87. The lowest BCUT2D eigenvalue weighted by atomic mass is 10.1. The first-order valence-corrected chi connectivity index (χ1v) is 15.1. The number of carbonyl (C=O) groups is 2. The summed E-state index contributed by atoms with van der Waals surface area (Å²) in [6.45, 7) is 6.58. The van der Waals surface area contributed by atoms with Crippen LogP contribution < -0.4 is 14.4 Å². The maximum Gasteiger partial charge on any atom is 0.244 e. The fourth-order valence-corrected chi connectivity index (χ4v) is 4.98. The fraction of sp³-hybridized carbons (Fsp3) is 0.310. The molecule has 0 bridgehead atoms. The van der Waals surface area contributed by atoms with E-state index in [0.717, 1.165) is 10.6 Å². The van der Waals surface area contributed by atoms with E-state index in [2.05, 4.69) is 5.32 Å². The third kappa shape index (κ3) is 8.87. The van der Waals surface area contributed by atoms with E-state index in [1.54, 1.807) is 61.5 Å². The molecule has 0 aliphatic heterocycles. The largest absolute Gasteiger partial charge is 0.457 e. The second-order valence-corrected chi connectivity index (χ2v) is 13.1. The number of sulfonamides is 1. The Hall–Kier alpha value is -3.27. The molecule has 3 aromatic carbocycles. The van der Waals surface area contributed by atoms with Crippen molar-refractivity contribution in [3.63, 3.8) is 0 Å². The molecule has 0 radical (unpaired) electrons. The van der Waals surface area contributed by atoms with Gasteiger partial charge in [0.1, 0.15) is 24.1 Å². The minimum Gasteiger partial charge on any atom is -0.457 e. The third-order valence-electron chi connectivity index (χ3n) is 5.79. The average Bonchev–Trinajstić information content (AvgIpc) is 2.87. The van der Waals surface area contributed by atoms with Gasteiger partial charge in [-0.3, -0.25) is 13.9 Å². The van der Waals surface area contributed by atoms with E-state index in [4.69, 9.17) is 27.9 Å². The molecular formula is C29H33Cl2N3O5S. The molecule has 0 unspecified atom stereocenters. The van der Waals surface area contributed by atoms with Gasteiger partial charge in [0.15, 0.2) is 0 Å². The summed E-state index contributed by atoms with van der Waals surface area (Å²) in [6, 6.07) is 19.5. The predicted molar refractivity (Wildman–Crippen MR) is 160 cm³/mol. The summed E-state index contributed by atoms with van der Waals surface area (Å²) >= 11 is 12.2. The third-order valence-corrected chi connectivity index (χ3v) is 7.66. The van der Waals surface area contributed by atoms with Crippen LogP contribution in [0.25, 0.3) is 0 Å². The molecule has 3 rings (SSSR count). The summed E-state index contributed by atoms with van der Waals surface area (Å²) < 4.78 is 32.4. The topological polar surface area (TPSA) is 96.0 Å². The predicted octanol–water partition coefficient (Wildman–Crippen LogP) is 5.88. The first-order valence-electron chi connectivity index (χ1n) is 12.5. The van der Waals surface area contributed by atoms with Crippen LogP contribution in [-0.2, 0) is 26.2 Å². The van der Waals surface area contributed by atoms with Crippen LogP contribution in [0.3, 0.4) is 0 Å². The van der Waals surface area contributed by atoms with Gasteiger partial charge in [-0.25, -0.2) is 8.42 Å². The number of halogens is 2. The summed E-state index contributed by atoms with van der Waals surface area (Å²) in [4.78, 5) is 28.1. The number of nitrogens with one attached hydrogen (secondary N) is 1. The van der Waals surface area contributed by atoms with Crippen LogP contribution in [0.1, 0.15) is 33.3 Å². The second-order valence-electron chi connectivity index (χ2n) is 10.4. The molecule has 0 heterocycles. The van der Waals surface area contributed by atoms with E-state index >= 15 is 0 Å². The number of amides is 2. The zero-order chi connectivity index (χ0) is 29.7. The SMILES string of the molecule is C[C@H](C(=O)NC(C)(C)C)N(Cc1ccc(Cl)c(Cl)c1)C(=O)CN(c1ccc(Oc2ccccc2)cc1)S(C)(=O)=O. The Morgan fingerprint density at radius 2 is 1.52 bits per heavy atom. The molecule has 2 amide bonds. The number of benzene rings is 3. The highest BCUT2D eigenvalue weighted by Gasteiger charge is 2.31. The number of anilines is 1. The van der Waals surface area contributed by atoms with Gasteiger partial charge in [0.2, 0.25) is 21.8 Å². The highest BCUT2D eigenvalue weighted by molar-refractivity contribution is 7.92. The lowest BCUT2D eigenvalue weighted by Crippen LogP contribution is -2.54. The Morgan fingerprint density at radius 3 is 2.08 bits per heavy atom. The molecule has 8 nitrogen and oxygen atoms in total. The molecular weight excluding hydrogens is 573 g/mol. The zero-order valence-corrected chi connectivity index (χ0v) is 25.3. The molecule has 0 aliphatic carbocycles. The lowest BCUT2D eigenvalue weighted by molar-refractivity contribution is -0.140. The second kappa shape index (κ2) is 12.9. The van der Waals surface area contributed by atoms with Gasteiger partial charge < -0.3 is 15.0 Å². The van der Waals surface area contributed by atoms with Crippen LogP contribution >= 0.6 is 23.2 Å². The highest BCUT2D eigenvalue weighted by atomic mass is 35.5. The van der Waals surface area contributed by atoms with Gasteiger partial charge in [-0.15, -0.1) is 0 Å². The first-order chi connectivity index (χ1) is 18.6. The van der Waals surface area contributed by atoms with E-state index in [-0.39, 0.29) is 18.1 Å².